The van der Waals surface area contributed by atoms with Crippen molar-refractivity contribution in [3.63, 3.8) is 0 Å². The van der Waals surface area contributed by atoms with E-state index in [9.17, 15) is 8.42 Å². The van der Waals surface area contributed by atoms with Crippen molar-refractivity contribution in [3.8, 4) is 12.3 Å². The fourth-order valence-corrected chi connectivity index (χ4v) is 2.90. The van der Waals surface area contributed by atoms with Gasteiger partial charge in [0.2, 0.25) is 0 Å². The molecule has 0 fully saturated rings. The zero-order valence-electron chi connectivity index (χ0n) is 9.90. The molecule has 1 heterocycles. The summed E-state index contributed by atoms with van der Waals surface area (Å²) in [7, 11) is -1.85. The fraction of sp³-hybridized carbons (Fsp3) is 0.500. The Labute approximate surface area is 101 Å². The number of sulfonamides is 1. The van der Waals surface area contributed by atoms with E-state index >= 15 is 0 Å². The quantitative estimate of drug-likeness (QED) is 0.689. The average Bonchev–Trinajstić information content (AvgIpc) is 2.75. The monoisotopic (exact) mass is 256 g/mol. The summed E-state index contributed by atoms with van der Waals surface area (Å²) in [6, 6.07) is 0. The largest absolute Gasteiger partial charge is 0.316 e. The molecular weight excluding hydrogens is 240 g/mol. The lowest BCUT2D eigenvalue weighted by Crippen LogP contribution is -2.32. The molecular formula is C10H16N4O2S. The van der Waals surface area contributed by atoms with Crippen LogP contribution in [0.15, 0.2) is 11.2 Å². The Morgan fingerprint density at radius 2 is 2.35 bits per heavy atom. The lowest BCUT2D eigenvalue weighted by atomic mass is 10.4. The number of H-pyrrole nitrogens is 1. The smallest absolute Gasteiger partial charge is 0.261 e. The third-order valence-corrected chi connectivity index (χ3v) is 4.20. The molecule has 94 valence electrons. The summed E-state index contributed by atoms with van der Waals surface area (Å²) in [6.45, 7) is 2.54. The number of hydrogen-bond acceptors (Lipinski definition) is 4. The van der Waals surface area contributed by atoms with Crippen LogP contribution in [0.2, 0.25) is 0 Å². The molecule has 0 atom stereocenters. The first-order chi connectivity index (χ1) is 8.07. The number of nitrogens with zero attached hydrogens (tertiary/aromatic N) is 2. The van der Waals surface area contributed by atoms with Crippen LogP contribution in [-0.2, 0) is 16.6 Å². The summed E-state index contributed by atoms with van der Waals surface area (Å²) >= 11 is 0. The zero-order valence-corrected chi connectivity index (χ0v) is 10.7. The highest BCUT2D eigenvalue weighted by Gasteiger charge is 2.26. The summed E-state index contributed by atoms with van der Waals surface area (Å²) in [5.74, 6) is 2.34. The Morgan fingerprint density at radius 1 is 1.65 bits per heavy atom. The molecule has 0 aliphatic heterocycles. The molecule has 1 aromatic heterocycles. The maximum absolute atomic E-state index is 12.2. The van der Waals surface area contributed by atoms with Crippen LogP contribution in [0.4, 0.5) is 0 Å². The van der Waals surface area contributed by atoms with Gasteiger partial charge in [0.05, 0.1) is 12.7 Å². The summed E-state index contributed by atoms with van der Waals surface area (Å²) in [4.78, 5) is 0. The molecule has 17 heavy (non-hydrogen) atoms. The van der Waals surface area contributed by atoms with E-state index in [1.54, 1.807) is 14.0 Å². The molecule has 0 aliphatic carbocycles. The average molecular weight is 256 g/mol. The number of hydrogen-bond donors (Lipinski definition) is 2. The van der Waals surface area contributed by atoms with Crippen LogP contribution in [0.1, 0.15) is 12.5 Å². The molecule has 0 aromatic carbocycles. The molecule has 1 rings (SSSR count). The zero-order chi connectivity index (χ0) is 12.9. The summed E-state index contributed by atoms with van der Waals surface area (Å²) in [5, 5.41) is 9.27. The van der Waals surface area contributed by atoms with Crippen LogP contribution in [-0.4, -0.2) is 43.1 Å². The third kappa shape index (κ3) is 2.85. The van der Waals surface area contributed by atoms with Crippen molar-refractivity contribution in [1.82, 2.24) is 19.8 Å². The number of terminal acetylenes is 1. The SMILES string of the molecule is C#CCN(CC)S(=O)(=O)c1[nH]ncc1CNC. The highest BCUT2D eigenvalue weighted by molar-refractivity contribution is 7.89. The van der Waals surface area contributed by atoms with Gasteiger partial charge < -0.3 is 5.32 Å². The molecule has 0 spiro atoms. The van der Waals surface area contributed by atoms with E-state index in [0.29, 0.717) is 18.7 Å². The minimum atomic E-state index is -3.59. The molecule has 6 nitrogen and oxygen atoms in total. The van der Waals surface area contributed by atoms with Gasteiger partial charge in [-0.1, -0.05) is 12.8 Å². The number of aromatic nitrogens is 2. The van der Waals surface area contributed by atoms with Gasteiger partial charge in [-0.2, -0.15) is 9.40 Å². The fourth-order valence-electron chi connectivity index (χ4n) is 1.44. The van der Waals surface area contributed by atoms with Gasteiger partial charge in [0.1, 0.15) is 0 Å². The summed E-state index contributed by atoms with van der Waals surface area (Å²) < 4.78 is 25.7. The van der Waals surface area contributed by atoms with Crippen molar-refractivity contribution >= 4 is 10.0 Å². The number of aromatic amines is 1. The Bertz CT molecular complexity index is 501. The van der Waals surface area contributed by atoms with Crippen LogP contribution >= 0.6 is 0 Å². The molecule has 0 saturated carbocycles. The van der Waals surface area contributed by atoms with E-state index in [1.807, 2.05) is 0 Å². The highest BCUT2D eigenvalue weighted by Crippen LogP contribution is 2.16. The second-order valence-corrected chi connectivity index (χ2v) is 5.26. The predicted octanol–water partition coefficient (Wildman–Crippen LogP) is -0.227. The van der Waals surface area contributed by atoms with Crippen LogP contribution < -0.4 is 5.32 Å². The molecule has 0 amide bonds. The van der Waals surface area contributed by atoms with Gasteiger partial charge in [0.15, 0.2) is 5.03 Å². The van der Waals surface area contributed by atoms with E-state index in [1.165, 1.54) is 10.5 Å². The van der Waals surface area contributed by atoms with Crippen LogP contribution in [0, 0.1) is 12.3 Å². The molecule has 0 unspecified atom stereocenters. The maximum Gasteiger partial charge on any atom is 0.261 e. The second-order valence-electron chi connectivity index (χ2n) is 3.39. The van der Waals surface area contributed by atoms with Crippen molar-refractivity contribution < 1.29 is 8.42 Å². The number of rotatable bonds is 6. The van der Waals surface area contributed by atoms with E-state index < -0.39 is 10.0 Å². The third-order valence-electron chi connectivity index (χ3n) is 2.26. The van der Waals surface area contributed by atoms with Gasteiger partial charge in [-0.3, -0.25) is 5.10 Å². The Kier molecular flexibility index (Phi) is 4.69. The second kappa shape index (κ2) is 5.82. The van der Waals surface area contributed by atoms with Gasteiger partial charge in [0.25, 0.3) is 10.0 Å². The first-order valence-electron chi connectivity index (χ1n) is 5.18. The van der Waals surface area contributed by atoms with Gasteiger partial charge in [0, 0.05) is 18.7 Å². The molecule has 0 radical (unpaired) electrons. The van der Waals surface area contributed by atoms with Crippen molar-refractivity contribution in [2.75, 3.05) is 20.1 Å². The lowest BCUT2D eigenvalue weighted by Gasteiger charge is -2.17. The lowest BCUT2D eigenvalue weighted by molar-refractivity contribution is 0.460. The Balaban J connectivity index is 3.12. The number of nitrogens with one attached hydrogen (secondary N) is 2. The minimum Gasteiger partial charge on any atom is -0.316 e. The standard InChI is InChI=1S/C10H16N4O2S/c1-4-6-14(5-2)17(15,16)10-9(7-11-3)8-12-13-10/h1,8,11H,5-7H2,2-3H3,(H,12,13). The van der Waals surface area contributed by atoms with Crippen molar-refractivity contribution in [2.24, 2.45) is 0 Å². The first kappa shape index (κ1) is 13.7. The molecule has 2 N–H and O–H groups in total. The van der Waals surface area contributed by atoms with E-state index in [2.05, 4.69) is 21.4 Å². The topological polar surface area (TPSA) is 78.1 Å². The highest BCUT2D eigenvalue weighted by atomic mass is 32.2. The van der Waals surface area contributed by atoms with Gasteiger partial charge >= 0.3 is 0 Å². The van der Waals surface area contributed by atoms with E-state index in [0.717, 1.165) is 0 Å². The van der Waals surface area contributed by atoms with Gasteiger partial charge in [-0.15, -0.1) is 6.42 Å². The van der Waals surface area contributed by atoms with Crippen LogP contribution in [0.3, 0.4) is 0 Å². The van der Waals surface area contributed by atoms with E-state index in [4.69, 9.17) is 6.42 Å². The predicted molar refractivity (Wildman–Crippen MR) is 64.6 cm³/mol. The van der Waals surface area contributed by atoms with Gasteiger partial charge in [-0.25, -0.2) is 8.42 Å². The van der Waals surface area contributed by atoms with Crippen LogP contribution in [0.25, 0.3) is 0 Å². The molecule has 7 heteroatoms. The first-order valence-corrected chi connectivity index (χ1v) is 6.62. The summed E-state index contributed by atoms with van der Waals surface area (Å²) in [6.07, 6.45) is 6.65. The normalized spacial score (nSPS) is 11.6. The minimum absolute atomic E-state index is 0.0524. The Morgan fingerprint density at radius 3 is 2.88 bits per heavy atom. The summed E-state index contributed by atoms with van der Waals surface area (Å²) in [5.41, 5.74) is 0.600. The van der Waals surface area contributed by atoms with Crippen LogP contribution in [0.5, 0.6) is 0 Å². The molecule has 1 aromatic rings. The van der Waals surface area contributed by atoms with E-state index in [-0.39, 0.29) is 11.6 Å². The molecule has 0 aliphatic rings. The maximum atomic E-state index is 12.2. The van der Waals surface area contributed by atoms with Gasteiger partial charge in [-0.05, 0) is 7.05 Å². The van der Waals surface area contributed by atoms with Crippen molar-refractivity contribution in [1.29, 1.82) is 0 Å². The van der Waals surface area contributed by atoms with Crippen molar-refractivity contribution in [3.05, 3.63) is 11.8 Å². The molecule has 0 saturated heterocycles. The van der Waals surface area contributed by atoms with Crippen molar-refractivity contribution in [2.45, 2.75) is 18.5 Å². The molecule has 0 bridgehead atoms. The Hall–Kier alpha value is -1.36.